The van der Waals surface area contributed by atoms with E-state index in [-0.39, 0.29) is 50.9 Å². The molecule has 0 unspecified atom stereocenters. The molecule has 2 amide bonds. The lowest BCUT2D eigenvalue weighted by Crippen LogP contribution is -2.53. The Morgan fingerprint density at radius 3 is 1.92 bits per heavy atom. The lowest BCUT2D eigenvalue weighted by atomic mass is 9.92. The Kier molecular flexibility index (Phi) is 12.7. The summed E-state index contributed by atoms with van der Waals surface area (Å²) in [5.74, 6) is -0.367. The predicted octanol–water partition coefficient (Wildman–Crippen LogP) is 5.14. The van der Waals surface area contributed by atoms with Gasteiger partial charge in [0.05, 0.1) is 6.61 Å². The highest BCUT2D eigenvalue weighted by atomic mass is 19.4. The van der Waals surface area contributed by atoms with Gasteiger partial charge in [-0.05, 0) is 51.7 Å². The zero-order chi connectivity index (χ0) is 28.3. The van der Waals surface area contributed by atoms with E-state index in [4.69, 9.17) is 9.84 Å². The highest BCUT2D eigenvalue weighted by molar-refractivity contribution is 5.92. The van der Waals surface area contributed by atoms with Crippen LogP contribution in [0.3, 0.4) is 0 Å². The van der Waals surface area contributed by atoms with Crippen LogP contribution in [0.4, 0.5) is 36.8 Å². The third-order valence-corrected chi connectivity index (χ3v) is 5.70. The lowest BCUT2D eigenvalue weighted by molar-refractivity contribution is -0.376. The van der Waals surface area contributed by atoms with Gasteiger partial charge in [0.1, 0.15) is 0 Å². The van der Waals surface area contributed by atoms with Crippen molar-refractivity contribution in [2.75, 3.05) is 37.7 Å². The second-order valence-corrected chi connectivity index (χ2v) is 8.31. The SMILES string of the molecule is CCOC(=O)CCCCCN(C(=O)N(CC)CCCCO)c1ccc(C(O)(C(F)(F)F)C(F)(F)F)cc1. The van der Waals surface area contributed by atoms with Crippen molar-refractivity contribution in [1.29, 1.82) is 0 Å². The first-order valence-corrected chi connectivity index (χ1v) is 12.0. The Balaban J connectivity index is 3.18. The molecule has 1 rings (SSSR count). The molecule has 1 aromatic carbocycles. The smallest absolute Gasteiger partial charge is 0.430 e. The van der Waals surface area contributed by atoms with E-state index < -0.39 is 29.5 Å². The van der Waals surface area contributed by atoms with Crippen LogP contribution in [0.1, 0.15) is 57.9 Å². The monoisotopic (exact) mass is 544 g/mol. The standard InChI is InChI=1S/C24H34F6N2O5/c1-3-31(15-8-9-17-33)21(35)32(16-7-5-6-10-20(34)37-4-2)19-13-11-18(12-14-19)22(36,23(25,26)27)24(28,29)30/h11-14,33,36H,3-10,15-17H2,1-2H3. The Morgan fingerprint density at radius 1 is 0.865 bits per heavy atom. The van der Waals surface area contributed by atoms with Crippen molar-refractivity contribution in [3.8, 4) is 0 Å². The molecule has 13 heteroatoms. The van der Waals surface area contributed by atoms with Gasteiger partial charge in [-0.15, -0.1) is 0 Å². The highest BCUT2D eigenvalue weighted by Gasteiger charge is 2.71. The van der Waals surface area contributed by atoms with Crippen LogP contribution in [-0.2, 0) is 15.1 Å². The van der Waals surface area contributed by atoms with Crippen molar-refractivity contribution < 1.29 is 50.9 Å². The molecule has 0 saturated carbocycles. The fourth-order valence-corrected chi connectivity index (χ4v) is 3.63. The van der Waals surface area contributed by atoms with Gasteiger partial charge in [0.2, 0.25) is 0 Å². The molecule has 0 heterocycles. The van der Waals surface area contributed by atoms with Gasteiger partial charge in [-0.1, -0.05) is 18.6 Å². The van der Waals surface area contributed by atoms with Crippen molar-refractivity contribution in [3.63, 3.8) is 0 Å². The number of urea groups is 1. The number of halogens is 6. The molecule has 0 atom stereocenters. The summed E-state index contributed by atoms with van der Waals surface area (Å²) in [6, 6.07) is 2.34. The number of benzene rings is 1. The maximum Gasteiger partial charge on any atom is 0.430 e. The second-order valence-electron chi connectivity index (χ2n) is 8.31. The first-order chi connectivity index (χ1) is 17.2. The Hall–Kier alpha value is -2.54. The first kappa shape index (κ1) is 32.5. The number of hydrogen-bond donors (Lipinski definition) is 2. The summed E-state index contributed by atoms with van der Waals surface area (Å²) in [5.41, 5.74) is -6.44. The molecule has 0 aliphatic rings. The molecule has 2 N–H and O–H groups in total. The van der Waals surface area contributed by atoms with Gasteiger partial charge in [0, 0.05) is 43.9 Å². The molecular weight excluding hydrogens is 510 g/mol. The van der Waals surface area contributed by atoms with E-state index in [9.17, 15) is 41.0 Å². The molecule has 0 aliphatic heterocycles. The third-order valence-electron chi connectivity index (χ3n) is 5.70. The lowest BCUT2D eigenvalue weighted by Gasteiger charge is -2.33. The van der Waals surface area contributed by atoms with Crippen molar-refractivity contribution in [2.24, 2.45) is 0 Å². The van der Waals surface area contributed by atoms with Crippen molar-refractivity contribution in [3.05, 3.63) is 29.8 Å². The summed E-state index contributed by atoms with van der Waals surface area (Å²) < 4.78 is 84.2. The summed E-state index contributed by atoms with van der Waals surface area (Å²) >= 11 is 0. The number of unbranched alkanes of at least 4 members (excludes halogenated alkanes) is 3. The van der Waals surface area contributed by atoms with Gasteiger partial charge in [-0.25, -0.2) is 4.79 Å². The first-order valence-electron chi connectivity index (χ1n) is 12.0. The zero-order valence-corrected chi connectivity index (χ0v) is 20.9. The molecule has 1 aromatic rings. The van der Waals surface area contributed by atoms with Crippen LogP contribution in [-0.4, -0.2) is 72.3 Å². The molecular formula is C24H34F6N2O5. The zero-order valence-electron chi connectivity index (χ0n) is 20.9. The summed E-state index contributed by atoms with van der Waals surface area (Å²) in [6.45, 7) is 4.22. The van der Waals surface area contributed by atoms with Crippen LogP contribution in [0.25, 0.3) is 0 Å². The molecule has 212 valence electrons. The largest absolute Gasteiger partial charge is 0.466 e. The number of carbonyl (C=O) groups is 2. The van der Waals surface area contributed by atoms with Gasteiger partial charge >= 0.3 is 24.4 Å². The summed E-state index contributed by atoms with van der Waals surface area (Å²) in [4.78, 5) is 27.4. The molecule has 0 fully saturated rings. The number of carbonyl (C=O) groups excluding carboxylic acids is 2. The van der Waals surface area contributed by atoms with E-state index in [1.165, 1.54) is 9.80 Å². The van der Waals surface area contributed by atoms with Gasteiger partial charge in [0.25, 0.3) is 5.60 Å². The van der Waals surface area contributed by atoms with E-state index in [0.29, 0.717) is 44.2 Å². The molecule has 0 saturated heterocycles. The van der Waals surface area contributed by atoms with E-state index >= 15 is 0 Å². The quantitative estimate of drug-likeness (QED) is 0.192. The van der Waals surface area contributed by atoms with Gasteiger partial charge in [-0.2, -0.15) is 26.3 Å². The fourth-order valence-electron chi connectivity index (χ4n) is 3.63. The molecule has 0 spiro atoms. The summed E-state index contributed by atoms with van der Waals surface area (Å²) in [6.07, 6.45) is -9.55. The Labute approximate surface area is 212 Å². The van der Waals surface area contributed by atoms with E-state index in [0.717, 1.165) is 12.1 Å². The number of aliphatic hydroxyl groups is 2. The predicted molar refractivity (Wildman–Crippen MR) is 124 cm³/mol. The molecule has 0 bridgehead atoms. The Bertz CT molecular complexity index is 832. The van der Waals surface area contributed by atoms with Crippen LogP contribution in [0.2, 0.25) is 0 Å². The second kappa shape index (κ2) is 14.4. The maximum atomic E-state index is 13.2. The van der Waals surface area contributed by atoms with Crippen LogP contribution < -0.4 is 4.90 Å². The minimum Gasteiger partial charge on any atom is -0.466 e. The number of hydrogen-bond acceptors (Lipinski definition) is 5. The average molecular weight is 545 g/mol. The highest BCUT2D eigenvalue weighted by Crippen LogP contribution is 2.50. The number of rotatable bonds is 14. The van der Waals surface area contributed by atoms with Crippen molar-refractivity contribution in [2.45, 2.75) is 70.3 Å². The number of ether oxygens (including phenoxy) is 1. The van der Waals surface area contributed by atoms with E-state index in [2.05, 4.69) is 0 Å². The molecule has 0 radical (unpaired) electrons. The average Bonchev–Trinajstić information content (AvgIpc) is 2.82. The van der Waals surface area contributed by atoms with Gasteiger partial charge in [-0.3, -0.25) is 9.69 Å². The molecule has 0 aromatic heterocycles. The van der Waals surface area contributed by atoms with Crippen molar-refractivity contribution in [1.82, 2.24) is 4.90 Å². The number of nitrogens with zero attached hydrogens (tertiary/aromatic N) is 2. The topological polar surface area (TPSA) is 90.3 Å². The van der Waals surface area contributed by atoms with E-state index in [1.807, 2.05) is 0 Å². The number of esters is 1. The Morgan fingerprint density at radius 2 is 1.43 bits per heavy atom. The van der Waals surface area contributed by atoms with E-state index in [1.54, 1.807) is 13.8 Å². The minimum absolute atomic E-state index is 0.0476. The number of amides is 2. The summed E-state index contributed by atoms with van der Waals surface area (Å²) in [7, 11) is 0. The van der Waals surface area contributed by atoms with Crippen LogP contribution in [0, 0.1) is 0 Å². The number of aliphatic hydroxyl groups excluding tert-OH is 1. The van der Waals surface area contributed by atoms with Gasteiger partial charge < -0.3 is 19.8 Å². The molecule has 37 heavy (non-hydrogen) atoms. The minimum atomic E-state index is -6.02. The summed E-state index contributed by atoms with van der Waals surface area (Å²) in [5, 5.41) is 18.6. The number of anilines is 1. The third kappa shape index (κ3) is 8.77. The fraction of sp³-hybridized carbons (Fsp3) is 0.667. The van der Waals surface area contributed by atoms with Crippen LogP contribution in [0.15, 0.2) is 24.3 Å². The van der Waals surface area contributed by atoms with Crippen molar-refractivity contribution >= 4 is 17.7 Å². The normalized spacial score (nSPS) is 12.4. The van der Waals surface area contributed by atoms with Crippen LogP contribution >= 0.6 is 0 Å². The molecule has 0 aliphatic carbocycles. The van der Waals surface area contributed by atoms with Crippen LogP contribution in [0.5, 0.6) is 0 Å². The maximum absolute atomic E-state index is 13.2. The van der Waals surface area contributed by atoms with Gasteiger partial charge in [0.15, 0.2) is 0 Å². The molecule has 7 nitrogen and oxygen atoms in total. The number of alkyl halides is 6.